The number of nitrogens with one attached hydrogen (secondary N) is 2. The van der Waals surface area contributed by atoms with E-state index in [1.54, 1.807) is 4.90 Å². The molecule has 0 radical (unpaired) electrons. The maximum absolute atomic E-state index is 12.1. The lowest BCUT2D eigenvalue weighted by Gasteiger charge is -2.13. The SMILES string of the molecule is N#CN1Cc2nc(NCCO)nc(-c3cccc(C4CCNC4=O)c3)c2C1. The van der Waals surface area contributed by atoms with E-state index in [-0.39, 0.29) is 18.4 Å². The van der Waals surface area contributed by atoms with E-state index < -0.39 is 0 Å². The monoisotopic (exact) mass is 364 g/mol. The largest absolute Gasteiger partial charge is 0.395 e. The summed E-state index contributed by atoms with van der Waals surface area (Å²) in [6.07, 6.45) is 2.95. The molecule has 0 bridgehead atoms. The van der Waals surface area contributed by atoms with Gasteiger partial charge < -0.3 is 20.6 Å². The standard InChI is InChI=1S/C19H20N6O2/c20-11-25-9-15-16(10-25)23-19(22-6-7-26)24-17(15)13-3-1-2-12(8-13)14-4-5-21-18(14)27/h1-3,8,14,26H,4-7,9-10H2,(H,21,27)(H,22,23,24). The highest BCUT2D eigenvalue weighted by Gasteiger charge is 2.28. The van der Waals surface area contributed by atoms with Gasteiger partial charge in [-0.2, -0.15) is 5.26 Å². The number of rotatable bonds is 5. The molecule has 0 spiro atoms. The van der Waals surface area contributed by atoms with Gasteiger partial charge in [0.05, 0.1) is 37.0 Å². The molecule has 1 aromatic heterocycles. The molecule has 1 fully saturated rings. The normalized spacial score (nSPS) is 18.1. The molecular weight excluding hydrogens is 344 g/mol. The number of aliphatic hydroxyl groups is 1. The molecule has 1 unspecified atom stereocenters. The molecule has 2 aromatic rings. The summed E-state index contributed by atoms with van der Waals surface area (Å²) in [5, 5.41) is 24.2. The third kappa shape index (κ3) is 3.29. The van der Waals surface area contributed by atoms with Crippen LogP contribution in [0.15, 0.2) is 24.3 Å². The van der Waals surface area contributed by atoms with Crippen molar-refractivity contribution < 1.29 is 9.90 Å². The first-order chi connectivity index (χ1) is 13.2. The smallest absolute Gasteiger partial charge is 0.227 e. The van der Waals surface area contributed by atoms with Crippen molar-refractivity contribution in [2.75, 3.05) is 25.0 Å². The predicted octanol–water partition coefficient (Wildman–Crippen LogP) is 0.948. The van der Waals surface area contributed by atoms with Crippen LogP contribution in [0.4, 0.5) is 5.95 Å². The topological polar surface area (TPSA) is 114 Å². The van der Waals surface area contributed by atoms with Gasteiger partial charge in [-0.3, -0.25) is 4.79 Å². The number of amides is 1. The van der Waals surface area contributed by atoms with Crippen LogP contribution in [-0.4, -0.2) is 45.6 Å². The van der Waals surface area contributed by atoms with E-state index in [0.29, 0.717) is 32.1 Å². The van der Waals surface area contributed by atoms with Crippen molar-refractivity contribution >= 4 is 11.9 Å². The average molecular weight is 364 g/mol. The van der Waals surface area contributed by atoms with Crippen LogP contribution in [0.3, 0.4) is 0 Å². The van der Waals surface area contributed by atoms with E-state index in [1.807, 2.05) is 24.3 Å². The number of hydrogen-bond donors (Lipinski definition) is 3. The lowest BCUT2D eigenvalue weighted by molar-refractivity contribution is -0.120. The zero-order valence-electron chi connectivity index (χ0n) is 14.8. The van der Waals surface area contributed by atoms with E-state index in [9.17, 15) is 10.1 Å². The number of hydrogen-bond acceptors (Lipinski definition) is 7. The second-order valence-corrected chi connectivity index (χ2v) is 6.69. The third-order valence-corrected chi connectivity index (χ3v) is 4.93. The Morgan fingerprint density at radius 2 is 2.26 bits per heavy atom. The Labute approximate surface area is 156 Å². The van der Waals surface area contributed by atoms with Gasteiger partial charge in [-0.25, -0.2) is 9.97 Å². The summed E-state index contributed by atoms with van der Waals surface area (Å²) >= 11 is 0. The second kappa shape index (κ2) is 7.21. The highest BCUT2D eigenvalue weighted by molar-refractivity contribution is 5.86. The molecule has 27 heavy (non-hydrogen) atoms. The van der Waals surface area contributed by atoms with Gasteiger partial charge >= 0.3 is 0 Å². The molecular formula is C19H20N6O2. The van der Waals surface area contributed by atoms with Gasteiger partial charge in [-0.05, 0) is 18.1 Å². The highest BCUT2D eigenvalue weighted by Crippen LogP contribution is 2.33. The van der Waals surface area contributed by atoms with Crippen molar-refractivity contribution in [3.8, 4) is 17.5 Å². The lowest BCUT2D eigenvalue weighted by atomic mass is 9.94. The van der Waals surface area contributed by atoms with Gasteiger partial charge in [0, 0.05) is 24.2 Å². The molecule has 3 N–H and O–H groups in total. The molecule has 1 atom stereocenters. The van der Waals surface area contributed by atoms with Crippen molar-refractivity contribution in [3.05, 3.63) is 41.1 Å². The Hall–Kier alpha value is -3.18. The van der Waals surface area contributed by atoms with Gasteiger partial charge in [0.25, 0.3) is 0 Å². The van der Waals surface area contributed by atoms with Crippen molar-refractivity contribution in [2.24, 2.45) is 0 Å². The molecule has 8 nitrogen and oxygen atoms in total. The molecule has 3 heterocycles. The molecule has 0 aliphatic carbocycles. The van der Waals surface area contributed by atoms with Crippen molar-refractivity contribution in [1.29, 1.82) is 5.26 Å². The Bertz CT molecular complexity index is 923. The number of carbonyl (C=O) groups excluding carboxylic acids is 1. The first kappa shape index (κ1) is 17.2. The van der Waals surface area contributed by atoms with Crippen LogP contribution < -0.4 is 10.6 Å². The Morgan fingerprint density at radius 1 is 1.37 bits per heavy atom. The Kier molecular flexibility index (Phi) is 4.60. The summed E-state index contributed by atoms with van der Waals surface area (Å²) in [5.74, 6) is 0.352. The first-order valence-corrected chi connectivity index (χ1v) is 8.97. The van der Waals surface area contributed by atoms with E-state index >= 15 is 0 Å². The van der Waals surface area contributed by atoms with Gasteiger partial charge in [-0.15, -0.1) is 0 Å². The fraction of sp³-hybridized carbons (Fsp3) is 0.368. The number of anilines is 1. The van der Waals surface area contributed by atoms with Crippen LogP contribution in [0, 0.1) is 11.5 Å². The van der Waals surface area contributed by atoms with Gasteiger partial charge in [0.1, 0.15) is 0 Å². The molecule has 4 rings (SSSR count). The summed E-state index contributed by atoms with van der Waals surface area (Å²) in [7, 11) is 0. The molecule has 1 aromatic carbocycles. The summed E-state index contributed by atoms with van der Waals surface area (Å²) in [5.41, 5.74) is 4.37. The summed E-state index contributed by atoms with van der Waals surface area (Å²) in [6, 6.07) is 7.86. The zero-order chi connectivity index (χ0) is 18.8. The fourth-order valence-corrected chi connectivity index (χ4v) is 3.63. The molecule has 1 amide bonds. The average Bonchev–Trinajstić information content (AvgIpc) is 3.31. The predicted molar refractivity (Wildman–Crippen MR) is 98.3 cm³/mol. The van der Waals surface area contributed by atoms with Crippen LogP contribution >= 0.6 is 0 Å². The molecule has 0 saturated carbocycles. The van der Waals surface area contributed by atoms with Crippen molar-refractivity contribution in [3.63, 3.8) is 0 Å². The molecule has 2 aliphatic rings. The number of nitrogens with zero attached hydrogens (tertiary/aromatic N) is 4. The van der Waals surface area contributed by atoms with E-state index in [1.165, 1.54) is 0 Å². The van der Waals surface area contributed by atoms with Crippen LogP contribution in [0.2, 0.25) is 0 Å². The van der Waals surface area contributed by atoms with E-state index in [0.717, 1.165) is 34.5 Å². The van der Waals surface area contributed by atoms with E-state index in [2.05, 4.69) is 26.8 Å². The lowest BCUT2D eigenvalue weighted by Crippen LogP contribution is -2.17. The summed E-state index contributed by atoms with van der Waals surface area (Å²) in [4.78, 5) is 22.8. The fourth-order valence-electron chi connectivity index (χ4n) is 3.63. The second-order valence-electron chi connectivity index (χ2n) is 6.69. The number of aliphatic hydroxyl groups excluding tert-OH is 1. The summed E-state index contributed by atoms with van der Waals surface area (Å²) < 4.78 is 0. The number of nitriles is 1. The minimum absolute atomic E-state index is 0.0215. The van der Waals surface area contributed by atoms with Gasteiger partial charge in [-0.1, -0.05) is 18.2 Å². The Balaban J connectivity index is 1.76. The van der Waals surface area contributed by atoms with Crippen LogP contribution in [0.5, 0.6) is 0 Å². The van der Waals surface area contributed by atoms with Crippen LogP contribution in [0.1, 0.15) is 29.2 Å². The highest BCUT2D eigenvalue weighted by atomic mass is 16.3. The van der Waals surface area contributed by atoms with Gasteiger partial charge in [0.2, 0.25) is 11.9 Å². The zero-order valence-corrected chi connectivity index (χ0v) is 14.8. The number of aromatic nitrogens is 2. The molecule has 138 valence electrons. The van der Waals surface area contributed by atoms with Gasteiger partial charge in [0.15, 0.2) is 6.19 Å². The van der Waals surface area contributed by atoms with Crippen LogP contribution in [-0.2, 0) is 17.9 Å². The van der Waals surface area contributed by atoms with Crippen LogP contribution in [0.25, 0.3) is 11.3 Å². The Morgan fingerprint density at radius 3 is 3.00 bits per heavy atom. The first-order valence-electron chi connectivity index (χ1n) is 8.97. The number of carbonyl (C=O) groups is 1. The molecule has 8 heteroatoms. The van der Waals surface area contributed by atoms with Crippen molar-refractivity contribution in [2.45, 2.75) is 25.4 Å². The summed E-state index contributed by atoms with van der Waals surface area (Å²) in [6.45, 7) is 1.94. The number of fused-ring (bicyclic) bond motifs is 1. The quantitative estimate of drug-likeness (QED) is 0.677. The minimum Gasteiger partial charge on any atom is -0.395 e. The number of benzene rings is 1. The van der Waals surface area contributed by atoms with E-state index in [4.69, 9.17) is 5.11 Å². The maximum Gasteiger partial charge on any atom is 0.227 e. The van der Waals surface area contributed by atoms with Crippen molar-refractivity contribution in [1.82, 2.24) is 20.2 Å². The maximum atomic E-state index is 12.1. The molecule has 1 saturated heterocycles. The minimum atomic E-state index is -0.137. The third-order valence-electron chi connectivity index (χ3n) is 4.93. The molecule has 2 aliphatic heterocycles.